The number of halogens is 8. The van der Waals surface area contributed by atoms with Gasteiger partial charge in [-0.15, -0.1) is 0 Å². The van der Waals surface area contributed by atoms with E-state index in [2.05, 4.69) is 0 Å². The first kappa shape index (κ1) is 31.6. The molecule has 1 atom stereocenters. The molecule has 3 rings (SSSR count). The van der Waals surface area contributed by atoms with Crippen LogP contribution in [-0.2, 0) is 32.4 Å². The van der Waals surface area contributed by atoms with Crippen LogP contribution in [0.15, 0.2) is 47.4 Å². The highest BCUT2D eigenvalue weighted by molar-refractivity contribution is 7.90. The van der Waals surface area contributed by atoms with E-state index in [0.717, 1.165) is 24.3 Å². The fourth-order valence-corrected chi connectivity index (χ4v) is 5.86. The highest BCUT2D eigenvalue weighted by Crippen LogP contribution is 2.53. The Kier molecular flexibility index (Phi) is 8.56. The molecule has 5 nitrogen and oxygen atoms in total. The van der Waals surface area contributed by atoms with E-state index >= 15 is 0 Å². The van der Waals surface area contributed by atoms with Crippen LogP contribution < -0.4 is 0 Å². The standard InChI is InChI=1S/C26H27F8NO4S/c1-23(2,3)39-22(36)35-12-4-5-20(35)14-17-13-18(24(28,25(29,30)31)26(32,33)34)7-6-16(17)15-40(37,38)21-10-8-19(27)9-11-21/h6-11,13,20H,4-5,12,14-15H2,1-3H3. The highest BCUT2D eigenvalue weighted by Gasteiger charge is 2.73. The lowest BCUT2D eigenvalue weighted by atomic mass is 9.89. The lowest BCUT2D eigenvalue weighted by Gasteiger charge is -2.32. The number of ether oxygens (including phenoxy) is 1. The summed E-state index contributed by atoms with van der Waals surface area (Å²) in [7, 11) is -4.26. The highest BCUT2D eigenvalue weighted by atomic mass is 32.2. The van der Waals surface area contributed by atoms with Gasteiger partial charge >= 0.3 is 24.1 Å². The number of amides is 1. The average Bonchev–Trinajstić information content (AvgIpc) is 3.25. The van der Waals surface area contributed by atoms with Gasteiger partial charge in [-0.2, -0.15) is 26.3 Å². The third-order valence-electron chi connectivity index (χ3n) is 6.36. The van der Waals surface area contributed by atoms with Gasteiger partial charge in [-0.05, 0) is 75.4 Å². The predicted octanol–water partition coefficient (Wildman–Crippen LogP) is 7.03. The van der Waals surface area contributed by atoms with Crippen LogP contribution in [0.4, 0.5) is 39.9 Å². The summed E-state index contributed by atoms with van der Waals surface area (Å²) in [5, 5.41) is 0. The van der Waals surface area contributed by atoms with Crippen molar-refractivity contribution in [3.8, 4) is 0 Å². The van der Waals surface area contributed by atoms with Crippen molar-refractivity contribution in [1.29, 1.82) is 0 Å². The molecule has 1 saturated heterocycles. The molecule has 1 aliphatic rings. The number of hydrogen-bond donors (Lipinski definition) is 0. The lowest BCUT2D eigenvalue weighted by Crippen LogP contribution is -2.50. The zero-order chi connectivity index (χ0) is 30.3. The van der Waals surface area contributed by atoms with Gasteiger partial charge in [-0.25, -0.2) is 22.0 Å². The number of benzene rings is 2. The SMILES string of the molecule is CC(C)(C)OC(=O)N1CCCC1Cc1cc(C(F)(C(F)(F)F)C(F)(F)F)ccc1CS(=O)(=O)c1ccc(F)cc1. The monoisotopic (exact) mass is 601 g/mol. The molecule has 40 heavy (non-hydrogen) atoms. The molecule has 0 saturated carbocycles. The van der Waals surface area contributed by atoms with Gasteiger partial charge in [-0.3, -0.25) is 0 Å². The topological polar surface area (TPSA) is 63.7 Å². The second-order valence-corrected chi connectivity index (χ2v) is 12.5. The molecule has 1 aliphatic heterocycles. The third kappa shape index (κ3) is 6.69. The van der Waals surface area contributed by atoms with Crippen LogP contribution in [0.2, 0.25) is 0 Å². The van der Waals surface area contributed by atoms with Crippen molar-refractivity contribution in [2.45, 2.75) is 80.3 Å². The summed E-state index contributed by atoms with van der Waals surface area (Å²) in [5.41, 5.74) is -8.92. The summed E-state index contributed by atoms with van der Waals surface area (Å²) < 4.78 is 140. The van der Waals surface area contributed by atoms with Gasteiger partial charge < -0.3 is 9.64 Å². The number of nitrogens with zero attached hydrogens (tertiary/aromatic N) is 1. The first-order valence-corrected chi connectivity index (χ1v) is 13.7. The Morgan fingerprint density at radius 2 is 1.50 bits per heavy atom. The largest absolute Gasteiger partial charge is 0.444 e. The molecule has 1 unspecified atom stereocenters. The Bertz CT molecular complexity index is 1320. The number of alkyl halides is 7. The Morgan fingerprint density at radius 1 is 0.925 bits per heavy atom. The molecular formula is C26H27F8NO4S. The Balaban J connectivity index is 2.10. The third-order valence-corrected chi connectivity index (χ3v) is 8.05. The average molecular weight is 602 g/mol. The number of carbonyl (C=O) groups is 1. The van der Waals surface area contributed by atoms with Crippen LogP contribution in [0.3, 0.4) is 0 Å². The minimum absolute atomic E-state index is 0.181. The van der Waals surface area contributed by atoms with Crippen LogP contribution in [0, 0.1) is 5.82 Å². The zero-order valence-electron chi connectivity index (χ0n) is 21.7. The van der Waals surface area contributed by atoms with Gasteiger partial charge in [0.05, 0.1) is 10.6 Å². The normalized spacial score (nSPS) is 17.3. The number of sulfone groups is 1. The molecule has 2 aromatic carbocycles. The van der Waals surface area contributed by atoms with Gasteiger partial charge in [0.2, 0.25) is 0 Å². The zero-order valence-corrected chi connectivity index (χ0v) is 22.5. The summed E-state index contributed by atoms with van der Waals surface area (Å²) in [6.07, 6.45) is -13.2. The predicted molar refractivity (Wildman–Crippen MR) is 128 cm³/mol. The fourth-order valence-electron chi connectivity index (χ4n) is 4.45. The number of rotatable bonds is 6. The van der Waals surface area contributed by atoms with Crippen molar-refractivity contribution < 1.29 is 53.1 Å². The first-order valence-electron chi connectivity index (χ1n) is 12.1. The van der Waals surface area contributed by atoms with Gasteiger partial charge in [0.25, 0.3) is 0 Å². The molecular weight excluding hydrogens is 574 g/mol. The minimum Gasteiger partial charge on any atom is -0.444 e. The van der Waals surface area contributed by atoms with Crippen molar-refractivity contribution >= 4 is 15.9 Å². The van der Waals surface area contributed by atoms with Crippen LogP contribution >= 0.6 is 0 Å². The second kappa shape index (κ2) is 10.8. The Labute approximate surface area is 226 Å². The Hall–Kier alpha value is -2.90. The van der Waals surface area contributed by atoms with E-state index in [-0.39, 0.29) is 41.5 Å². The summed E-state index contributed by atoms with van der Waals surface area (Å²) >= 11 is 0. The molecule has 1 amide bonds. The van der Waals surface area contributed by atoms with Crippen molar-refractivity contribution in [3.05, 3.63) is 65.0 Å². The van der Waals surface area contributed by atoms with E-state index in [0.29, 0.717) is 18.6 Å². The van der Waals surface area contributed by atoms with Crippen LogP contribution in [0.5, 0.6) is 0 Å². The molecule has 0 bridgehead atoms. The summed E-state index contributed by atoms with van der Waals surface area (Å²) in [4.78, 5) is 13.6. The molecule has 0 N–H and O–H groups in total. The molecule has 0 radical (unpaired) electrons. The van der Waals surface area contributed by atoms with E-state index in [1.807, 2.05) is 0 Å². The second-order valence-electron chi connectivity index (χ2n) is 10.5. The molecule has 1 fully saturated rings. The summed E-state index contributed by atoms with van der Waals surface area (Å²) in [5.74, 6) is -1.61. The quantitative estimate of drug-likeness (QED) is 0.264. The van der Waals surface area contributed by atoms with Gasteiger partial charge in [0.15, 0.2) is 9.84 Å². The Morgan fingerprint density at radius 3 is 2.02 bits per heavy atom. The number of carbonyl (C=O) groups excluding carboxylic acids is 1. The number of likely N-dealkylation sites (tertiary alicyclic amines) is 1. The van der Waals surface area contributed by atoms with Gasteiger partial charge in [0.1, 0.15) is 11.4 Å². The minimum atomic E-state index is -6.37. The summed E-state index contributed by atoms with van der Waals surface area (Å²) in [6, 6.07) is 4.19. The summed E-state index contributed by atoms with van der Waals surface area (Å²) in [6.45, 7) is 4.99. The van der Waals surface area contributed by atoms with Gasteiger partial charge in [0, 0.05) is 18.2 Å². The molecule has 0 aromatic heterocycles. The maximum Gasteiger partial charge on any atom is 0.435 e. The van der Waals surface area contributed by atoms with Gasteiger partial charge in [-0.1, -0.05) is 18.2 Å². The van der Waals surface area contributed by atoms with Crippen LogP contribution in [0.1, 0.15) is 50.3 Å². The molecule has 2 aromatic rings. The maximum atomic E-state index is 14.9. The van der Waals surface area contributed by atoms with E-state index in [1.54, 1.807) is 20.8 Å². The van der Waals surface area contributed by atoms with E-state index in [1.165, 1.54) is 4.90 Å². The van der Waals surface area contributed by atoms with E-state index in [4.69, 9.17) is 4.74 Å². The van der Waals surface area contributed by atoms with Crippen molar-refractivity contribution in [2.24, 2.45) is 0 Å². The van der Waals surface area contributed by atoms with Crippen molar-refractivity contribution in [1.82, 2.24) is 4.90 Å². The molecule has 222 valence electrons. The van der Waals surface area contributed by atoms with Crippen molar-refractivity contribution in [3.63, 3.8) is 0 Å². The molecule has 14 heteroatoms. The number of hydrogen-bond acceptors (Lipinski definition) is 4. The van der Waals surface area contributed by atoms with E-state index in [9.17, 15) is 48.3 Å². The molecule has 0 spiro atoms. The lowest BCUT2D eigenvalue weighted by molar-refractivity contribution is -0.348. The van der Waals surface area contributed by atoms with E-state index < -0.39 is 62.7 Å². The maximum absolute atomic E-state index is 14.9. The molecule has 1 heterocycles. The van der Waals surface area contributed by atoms with Crippen LogP contribution in [-0.4, -0.2) is 50.0 Å². The van der Waals surface area contributed by atoms with Crippen LogP contribution in [0.25, 0.3) is 0 Å². The van der Waals surface area contributed by atoms with Crippen molar-refractivity contribution in [2.75, 3.05) is 6.54 Å². The smallest absolute Gasteiger partial charge is 0.435 e. The fraction of sp³-hybridized carbons (Fsp3) is 0.500. The first-order chi connectivity index (χ1) is 18.2. The molecule has 0 aliphatic carbocycles.